The van der Waals surface area contributed by atoms with Gasteiger partial charge in [-0.25, -0.2) is 0 Å². The number of amides is 1. The number of ether oxygens (including phenoxy) is 2. The number of piperidine rings is 1. The van der Waals surface area contributed by atoms with E-state index in [9.17, 15) is 9.90 Å². The molecule has 1 saturated heterocycles. The monoisotopic (exact) mass is 333 g/mol. The highest BCUT2D eigenvalue weighted by molar-refractivity contribution is 5.92. The number of benzene rings is 1. The maximum atomic E-state index is 12.5. The van der Waals surface area contributed by atoms with Gasteiger partial charge in [-0.1, -0.05) is 6.07 Å². The van der Waals surface area contributed by atoms with Crippen LogP contribution < -0.4 is 9.47 Å². The van der Waals surface area contributed by atoms with Gasteiger partial charge in [-0.05, 0) is 56.4 Å². The second-order valence-electron chi connectivity index (χ2n) is 5.87. The third kappa shape index (κ3) is 4.74. The quantitative estimate of drug-likeness (QED) is 0.780. The van der Waals surface area contributed by atoms with E-state index < -0.39 is 0 Å². The van der Waals surface area contributed by atoms with Crippen LogP contribution in [0.15, 0.2) is 24.3 Å². The molecule has 0 radical (unpaired) electrons. The number of carbonyl (C=O) groups is 1. The zero-order chi connectivity index (χ0) is 17.4. The summed E-state index contributed by atoms with van der Waals surface area (Å²) in [6.45, 7) is 3.38. The van der Waals surface area contributed by atoms with Gasteiger partial charge in [0.2, 0.25) is 5.91 Å². The van der Waals surface area contributed by atoms with E-state index >= 15 is 0 Å². The van der Waals surface area contributed by atoms with Crippen molar-refractivity contribution >= 4 is 12.0 Å². The Morgan fingerprint density at radius 1 is 1.38 bits per heavy atom. The summed E-state index contributed by atoms with van der Waals surface area (Å²) in [7, 11) is 1.60. The first-order chi connectivity index (χ1) is 11.7. The molecule has 0 aromatic heterocycles. The van der Waals surface area contributed by atoms with E-state index in [1.54, 1.807) is 19.3 Å². The van der Waals surface area contributed by atoms with Crippen molar-refractivity contribution in [3.05, 3.63) is 29.8 Å². The SMILES string of the molecule is CCOc1ccc(/C=C/C(=O)N2CCCCC2CCO)cc1OC. The molecule has 1 aromatic carbocycles. The summed E-state index contributed by atoms with van der Waals surface area (Å²) in [5, 5.41) is 9.17. The Kier molecular flexibility index (Phi) is 7.12. The molecule has 132 valence electrons. The van der Waals surface area contributed by atoms with Gasteiger partial charge in [0.15, 0.2) is 11.5 Å². The normalized spacial score (nSPS) is 18.0. The second kappa shape index (κ2) is 9.33. The second-order valence-corrected chi connectivity index (χ2v) is 5.87. The predicted octanol–water partition coefficient (Wildman–Crippen LogP) is 2.87. The Labute approximate surface area is 143 Å². The summed E-state index contributed by atoms with van der Waals surface area (Å²) < 4.78 is 10.8. The molecule has 1 aliphatic heterocycles. The fourth-order valence-electron chi connectivity index (χ4n) is 3.07. The van der Waals surface area contributed by atoms with E-state index in [4.69, 9.17) is 9.47 Å². The van der Waals surface area contributed by atoms with Gasteiger partial charge in [0.25, 0.3) is 0 Å². The Morgan fingerprint density at radius 3 is 2.92 bits per heavy atom. The van der Waals surface area contributed by atoms with Gasteiger partial charge < -0.3 is 19.5 Å². The first-order valence-corrected chi connectivity index (χ1v) is 8.60. The summed E-state index contributed by atoms with van der Waals surface area (Å²) in [6.07, 6.45) is 7.16. The number of aliphatic hydroxyl groups excluding tert-OH is 1. The van der Waals surface area contributed by atoms with Gasteiger partial charge >= 0.3 is 0 Å². The van der Waals surface area contributed by atoms with Crippen LogP contribution in [0.2, 0.25) is 0 Å². The van der Waals surface area contributed by atoms with Crippen LogP contribution >= 0.6 is 0 Å². The number of aliphatic hydroxyl groups is 1. The number of rotatable bonds is 7. The number of likely N-dealkylation sites (tertiary alicyclic amines) is 1. The van der Waals surface area contributed by atoms with Crippen molar-refractivity contribution < 1.29 is 19.4 Å². The molecule has 0 bridgehead atoms. The summed E-state index contributed by atoms with van der Waals surface area (Å²) in [6, 6.07) is 5.76. The van der Waals surface area contributed by atoms with Crippen molar-refractivity contribution in [1.29, 1.82) is 0 Å². The molecular weight excluding hydrogens is 306 g/mol. The zero-order valence-electron chi connectivity index (χ0n) is 14.5. The molecule has 0 saturated carbocycles. The van der Waals surface area contributed by atoms with Gasteiger partial charge in [0.05, 0.1) is 13.7 Å². The van der Waals surface area contributed by atoms with Crippen LogP contribution in [0.3, 0.4) is 0 Å². The molecule has 1 heterocycles. The molecule has 5 nitrogen and oxygen atoms in total. The first kappa shape index (κ1) is 18.3. The minimum Gasteiger partial charge on any atom is -0.493 e. The van der Waals surface area contributed by atoms with Gasteiger partial charge in [-0.15, -0.1) is 0 Å². The zero-order valence-corrected chi connectivity index (χ0v) is 14.5. The summed E-state index contributed by atoms with van der Waals surface area (Å²) in [5.74, 6) is 1.35. The van der Waals surface area contributed by atoms with E-state index in [0.717, 1.165) is 31.4 Å². The van der Waals surface area contributed by atoms with Crippen molar-refractivity contribution in [1.82, 2.24) is 4.90 Å². The lowest BCUT2D eigenvalue weighted by Gasteiger charge is -2.34. The molecule has 1 N–H and O–H groups in total. The smallest absolute Gasteiger partial charge is 0.246 e. The van der Waals surface area contributed by atoms with E-state index in [2.05, 4.69) is 0 Å². The van der Waals surface area contributed by atoms with Crippen LogP contribution in [0.1, 0.15) is 38.2 Å². The average molecular weight is 333 g/mol. The Hall–Kier alpha value is -2.01. The summed E-state index contributed by atoms with van der Waals surface area (Å²) >= 11 is 0. The van der Waals surface area contributed by atoms with E-state index in [0.29, 0.717) is 24.5 Å². The molecular formula is C19H27NO4. The molecule has 24 heavy (non-hydrogen) atoms. The maximum Gasteiger partial charge on any atom is 0.246 e. The number of hydrogen-bond donors (Lipinski definition) is 1. The standard InChI is InChI=1S/C19H27NO4/c1-3-24-17-9-7-15(14-18(17)23-2)8-10-19(22)20-12-5-4-6-16(20)11-13-21/h7-10,14,16,21H,3-6,11-13H2,1-2H3/b10-8+. The minimum atomic E-state index is 0.000927. The molecule has 0 aliphatic carbocycles. The molecule has 2 rings (SSSR count). The Morgan fingerprint density at radius 2 is 2.21 bits per heavy atom. The van der Waals surface area contributed by atoms with Crippen molar-refractivity contribution in [2.75, 3.05) is 26.9 Å². The lowest BCUT2D eigenvalue weighted by atomic mass is 9.99. The van der Waals surface area contributed by atoms with Crippen LogP contribution in [-0.2, 0) is 4.79 Å². The number of carbonyl (C=O) groups excluding carboxylic acids is 1. The van der Waals surface area contributed by atoms with Gasteiger partial charge in [0.1, 0.15) is 0 Å². The molecule has 1 aromatic rings. The summed E-state index contributed by atoms with van der Waals surface area (Å²) in [5.41, 5.74) is 0.888. The predicted molar refractivity (Wildman–Crippen MR) is 94.3 cm³/mol. The average Bonchev–Trinajstić information content (AvgIpc) is 2.61. The minimum absolute atomic E-state index is 0.000927. The van der Waals surface area contributed by atoms with Crippen LogP contribution in [0.25, 0.3) is 6.08 Å². The fourth-order valence-corrected chi connectivity index (χ4v) is 3.07. The highest BCUT2D eigenvalue weighted by Gasteiger charge is 2.24. The third-order valence-electron chi connectivity index (χ3n) is 4.28. The molecule has 1 aliphatic rings. The van der Waals surface area contributed by atoms with E-state index in [1.165, 1.54) is 0 Å². The van der Waals surface area contributed by atoms with Crippen LogP contribution in [0, 0.1) is 0 Å². The topological polar surface area (TPSA) is 59.0 Å². The molecule has 1 unspecified atom stereocenters. The largest absolute Gasteiger partial charge is 0.493 e. The van der Waals surface area contributed by atoms with Gasteiger partial charge in [0, 0.05) is 25.3 Å². The molecule has 1 amide bonds. The maximum absolute atomic E-state index is 12.5. The molecule has 1 fully saturated rings. The van der Waals surface area contributed by atoms with Gasteiger partial charge in [-0.3, -0.25) is 4.79 Å². The Balaban J connectivity index is 2.07. The lowest BCUT2D eigenvalue weighted by molar-refractivity contribution is -0.129. The van der Waals surface area contributed by atoms with Gasteiger partial charge in [-0.2, -0.15) is 0 Å². The first-order valence-electron chi connectivity index (χ1n) is 8.60. The number of hydrogen-bond acceptors (Lipinski definition) is 4. The molecule has 1 atom stereocenters. The number of methoxy groups -OCH3 is 1. The van der Waals surface area contributed by atoms with Crippen molar-refractivity contribution in [3.8, 4) is 11.5 Å². The van der Waals surface area contributed by atoms with E-state index in [1.807, 2.05) is 30.0 Å². The highest BCUT2D eigenvalue weighted by Crippen LogP contribution is 2.28. The number of nitrogens with zero attached hydrogens (tertiary/aromatic N) is 1. The van der Waals surface area contributed by atoms with Crippen LogP contribution in [0.5, 0.6) is 11.5 Å². The third-order valence-corrected chi connectivity index (χ3v) is 4.28. The highest BCUT2D eigenvalue weighted by atomic mass is 16.5. The van der Waals surface area contributed by atoms with Crippen molar-refractivity contribution in [2.45, 2.75) is 38.6 Å². The molecule has 0 spiro atoms. The van der Waals surface area contributed by atoms with Crippen LogP contribution in [0.4, 0.5) is 0 Å². The van der Waals surface area contributed by atoms with Crippen molar-refractivity contribution in [2.24, 2.45) is 0 Å². The Bertz CT molecular complexity index is 568. The fraction of sp³-hybridized carbons (Fsp3) is 0.526. The summed E-state index contributed by atoms with van der Waals surface area (Å²) in [4.78, 5) is 14.4. The van der Waals surface area contributed by atoms with Crippen molar-refractivity contribution in [3.63, 3.8) is 0 Å². The lowest BCUT2D eigenvalue weighted by Crippen LogP contribution is -2.43. The van der Waals surface area contributed by atoms with Crippen LogP contribution in [-0.4, -0.2) is 48.8 Å². The molecule has 5 heteroatoms. The van der Waals surface area contributed by atoms with E-state index in [-0.39, 0.29) is 18.6 Å².